The van der Waals surface area contributed by atoms with Gasteiger partial charge in [-0.05, 0) is 57.0 Å². The Morgan fingerprint density at radius 1 is 1.34 bits per heavy atom. The maximum absolute atomic E-state index is 13.7. The Bertz CT molecular complexity index is 1270. The number of aliphatic carboxylic acids is 1. The highest BCUT2D eigenvalue weighted by Crippen LogP contribution is 2.54. The predicted molar refractivity (Wildman–Crippen MR) is 131 cm³/mol. The molecule has 0 bridgehead atoms. The molecule has 1 fully saturated rings. The van der Waals surface area contributed by atoms with Gasteiger partial charge in [0.05, 0.1) is 20.0 Å². The molecule has 188 valence electrons. The summed E-state index contributed by atoms with van der Waals surface area (Å²) in [5.74, 6) is -0.343. The SMILES string of the molecule is COc1nc(N)nc2c1ncn2[C@H]1C[C@@H](COP(=O)(Oc2ccc(Br)cc2)N(C)C(C)C(=O)O)C1. The molecule has 2 unspecified atom stereocenters. The monoisotopic (exact) mass is 568 g/mol. The topological polar surface area (TPSA) is 155 Å². The highest BCUT2D eigenvalue weighted by atomic mass is 79.9. The van der Waals surface area contributed by atoms with Crippen molar-refractivity contribution < 1.29 is 28.3 Å². The van der Waals surface area contributed by atoms with Crippen LogP contribution in [0.2, 0.25) is 0 Å². The first-order valence-electron chi connectivity index (χ1n) is 10.8. The van der Waals surface area contributed by atoms with Crippen LogP contribution in [-0.4, -0.2) is 62.1 Å². The van der Waals surface area contributed by atoms with Crippen LogP contribution < -0.4 is 15.0 Å². The van der Waals surface area contributed by atoms with E-state index in [-0.39, 0.29) is 24.5 Å². The number of benzene rings is 1. The largest absolute Gasteiger partial charge is 0.480 e. The van der Waals surface area contributed by atoms with E-state index in [0.29, 0.717) is 35.6 Å². The zero-order valence-electron chi connectivity index (χ0n) is 19.4. The van der Waals surface area contributed by atoms with Gasteiger partial charge in [0.25, 0.3) is 0 Å². The summed E-state index contributed by atoms with van der Waals surface area (Å²) >= 11 is 3.34. The molecule has 0 spiro atoms. The molecule has 4 rings (SSSR count). The number of rotatable bonds is 10. The summed E-state index contributed by atoms with van der Waals surface area (Å²) in [5, 5.41) is 9.42. The first-order chi connectivity index (χ1) is 16.6. The van der Waals surface area contributed by atoms with Crippen LogP contribution in [0.5, 0.6) is 11.6 Å². The lowest BCUT2D eigenvalue weighted by Crippen LogP contribution is -2.36. The zero-order chi connectivity index (χ0) is 25.3. The van der Waals surface area contributed by atoms with E-state index in [1.807, 2.05) is 4.57 Å². The molecule has 0 aliphatic heterocycles. The number of carboxylic acids is 1. The number of likely N-dealkylation sites (N-methyl/N-ethyl adjacent to an activating group) is 1. The highest BCUT2D eigenvalue weighted by molar-refractivity contribution is 9.10. The number of methoxy groups -OCH3 is 1. The second-order valence-corrected chi connectivity index (χ2v) is 11.2. The number of nitrogens with zero attached hydrogens (tertiary/aromatic N) is 5. The molecule has 14 heteroatoms. The highest BCUT2D eigenvalue weighted by Gasteiger charge is 2.41. The van der Waals surface area contributed by atoms with Crippen LogP contribution in [0.15, 0.2) is 35.1 Å². The third-order valence-corrected chi connectivity index (χ3v) is 8.58. The van der Waals surface area contributed by atoms with E-state index in [0.717, 1.165) is 9.14 Å². The van der Waals surface area contributed by atoms with E-state index in [1.54, 1.807) is 30.6 Å². The number of hydrogen-bond acceptors (Lipinski definition) is 9. The van der Waals surface area contributed by atoms with Crippen LogP contribution >= 0.6 is 23.7 Å². The minimum atomic E-state index is -3.96. The number of anilines is 1. The van der Waals surface area contributed by atoms with Crippen molar-refractivity contribution in [2.45, 2.75) is 31.8 Å². The number of nitrogens with two attached hydrogens (primary N) is 1. The van der Waals surface area contributed by atoms with Gasteiger partial charge < -0.3 is 24.7 Å². The molecule has 3 N–H and O–H groups in total. The summed E-state index contributed by atoms with van der Waals surface area (Å²) in [4.78, 5) is 24.2. The van der Waals surface area contributed by atoms with Gasteiger partial charge in [0, 0.05) is 10.5 Å². The second kappa shape index (κ2) is 10.1. The summed E-state index contributed by atoms with van der Waals surface area (Å²) in [6.45, 7) is 1.56. The van der Waals surface area contributed by atoms with Crippen molar-refractivity contribution >= 4 is 46.8 Å². The first-order valence-corrected chi connectivity index (χ1v) is 13.1. The van der Waals surface area contributed by atoms with E-state index < -0.39 is 19.8 Å². The third-order valence-electron chi connectivity index (χ3n) is 6.02. The van der Waals surface area contributed by atoms with E-state index in [4.69, 9.17) is 19.5 Å². The number of imidazole rings is 1. The molecular weight excluding hydrogens is 543 g/mol. The Labute approximate surface area is 210 Å². The van der Waals surface area contributed by atoms with E-state index in [1.165, 1.54) is 21.1 Å². The number of carbonyl (C=O) groups is 1. The van der Waals surface area contributed by atoms with Crippen molar-refractivity contribution in [2.24, 2.45) is 5.92 Å². The van der Waals surface area contributed by atoms with Gasteiger partial charge in [-0.25, -0.2) is 9.55 Å². The third kappa shape index (κ3) is 5.27. The maximum Gasteiger partial charge on any atom is 0.461 e. The fourth-order valence-electron chi connectivity index (χ4n) is 3.76. The summed E-state index contributed by atoms with van der Waals surface area (Å²) < 4.78 is 34.3. The van der Waals surface area contributed by atoms with Crippen LogP contribution in [0.1, 0.15) is 25.8 Å². The Morgan fingerprint density at radius 2 is 2.03 bits per heavy atom. The van der Waals surface area contributed by atoms with Crippen molar-refractivity contribution in [3.05, 3.63) is 35.1 Å². The number of fused-ring (bicyclic) bond motifs is 1. The zero-order valence-corrected chi connectivity index (χ0v) is 21.8. The maximum atomic E-state index is 13.7. The van der Waals surface area contributed by atoms with Gasteiger partial charge in [-0.3, -0.25) is 9.32 Å². The quantitative estimate of drug-likeness (QED) is 0.343. The Morgan fingerprint density at radius 3 is 2.66 bits per heavy atom. The van der Waals surface area contributed by atoms with Crippen LogP contribution in [0.3, 0.4) is 0 Å². The molecule has 1 saturated carbocycles. The van der Waals surface area contributed by atoms with Gasteiger partial charge in [-0.1, -0.05) is 15.9 Å². The molecule has 0 radical (unpaired) electrons. The number of halogens is 1. The minimum absolute atomic E-state index is 0.0777. The predicted octanol–water partition coefficient (Wildman–Crippen LogP) is 3.74. The molecule has 1 aliphatic rings. The lowest BCUT2D eigenvalue weighted by molar-refractivity contribution is -0.140. The van der Waals surface area contributed by atoms with E-state index in [2.05, 4.69) is 30.9 Å². The number of ether oxygens (including phenoxy) is 1. The molecule has 1 aromatic carbocycles. The lowest BCUT2D eigenvalue weighted by Gasteiger charge is -2.37. The van der Waals surface area contributed by atoms with Gasteiger partial charge in [-0.2, -0.15) is 14.6 Å². The molecule has 0 amide bonds. The molecule has 12 nitrogen and oxygen atoms in total. The second-order valence-electron chi connectivity index (χ2n) is 8.30. The molecule has 3 aromatic rings. The fraction of sp³-hybridized carbons (Fsp3) is 0.429. The first kappa shape index (κ1) is 25.4. The average molecular weight is 569 g/mol. The van der Waals surface area contributed by atoms with Gasteiger partial charge >= 0.3 is 13.7 Å². The molecule has 35 heavy (non-hydrogen) atoms. The number of carboxylic acid groups (broad SMARTS) is 1. The van der Waals surface area contributed by atoms with Gasteiger partial charge in [0.1, 0.15) is 11.8 Å². The van der Waals surface area contributed by atoms with Crippen LogP contribution in [0.4, 0.5) is 5.95 Å². The van der Waals surface area contributed by atoms with Crippen LogP contribution in [-0.2, 0) is 13.9 Å². The van der Waals surface area contributed by atoms with Crippen molar-refractivity contribution in [3.8, 4) is 11.6 Å². The number of nitrogen functional groups attached to an aromatic ring is 1. The summed E-state index contributed by atoms with van der Waals surface area (Å²) in [5.41, 5.74) is 6.91. The summed E-state index contributed by atoms with van der Waals surface area (Å²) in [7, 11) is -1.05. The number of aromatic nitrogens is 4. The Hall–Kier alpha value is -2.73. The molecule has 1 aliphatic carbocycles. The van der Waals surface area contributed by atoms with Crippen molar-refractivity contribution in [3.63, 3.8) is 0 Å². The molecule has 2 heterocycles. The van der Waals surface area contributed by atoms with Crippen LogP contribution in [0.25, 0.3) is 11.2 Å². The van der Waals surface area contributed by atoms with Gasteiger partial charge in [0.2, 0.25) is 11.8 Å². The lowest BCUT2D eigenvalue weighted by atomic mass is 9.81. The molecule has 2 aromatic heterocycles. The fourth-order valence-corrected chi connectivity index (χ4v) is 5.70. The smallest absolute Gasteiger partial charge is 0.461 e. The van der Waals surface area contributed by atoms with Crippen molar-refractivity contribution in [1.82, 2.24) is 24.2 Å². The summed E-state index contributed by atoms with van der Waals surface area (Å²) in [6.07, 6.45) is 3.11. The standard InChI is InChI=1S/C21H26BrN6O6P/c1-12(20(29)30)27(2)35(31,34-16-6-4-14(22)5-7-16)33-10-13-8-15(9-13)28-11-24-17-18(28)25-21(23)26-19(17)32-3/h4-7,11-13,15H,8-10H2,1-3H3,(H,29,30)(H2,23,25,26)/t12?,13-,15+,35?. The van der Waals surface area contributed by atoms with E-state index >= 15 is 0 Å². The average Bonchev–Trinajstić information content (AvgIpc) is 3.21. The summed E-state index contributed by atoms with van der Waals surface area (Å²) in [6, 6.07) is 5.74. The van der Waals surface area contributed by atoms with Gasteiger partial charge in [-0.15, -0.1) is 0 Å². The minimum Gasteiger partial charge on any atom is -0.480 e. The Balaban J connectivity index is 1.45. The molecular formula is C21H26BrN6O6P. The molecule has 0 saturated heterocycles. The number of hydrogen-bond donors (Lipinski definition) is 2. The molecule has 2 atom stereocenters. The normalized spacial score (nSPS) is 20.3. The van der Waals surface area contributed by atoms with Crippen molar-refractivity contribution in [2.75, 3.05) is 26.5 Å². The van der Waals surface area contributed by atoms with Crippen molar-refractivity contribution in [1.29, 1.82) is 0 Å². The van der Waals surface area contributed by atoms with Gasteiger partial charge in [0.15, 0.2) is 11.2 Å². The Kier molecular flexibility index (Phi) is 7.32. The van der Waals surface area contributed by atoms with Crippen LogP contribution in [0, 0.1) is 5.92 Å². The van der Waals surface area contributed by atoms with E-state index in [9.17, 15) is 14.5 Å².